The molecule has 0 saturated carbocycles. The molecule has 1 amide bonds. The number of halogens is 1. The zero-order valence-corrected chi connectivity index (χ0v) is 12.4. The van der Waals surface area contributed by atoms with Gasteiger partial charge < -0.3 is 10.1 Å². The summed E-state index contributed by atoms with van der Waals surface area (Å²) in [5.74, 6) is -0.557. The van der Waals surface area contributed by atoms with E-state index in [2.05, 4.69) is 26.0 Å². The molecule has 0 aliphatic heterocycles. The van der Waals surface area contributed by atoms with Gasteiger partial charge in [0.15, 0.2) is 0 Å². The minimum absolute atomic E-state index is 0.120. The van der Waals surface area contributed by atoms with Crippen molar-refractivity contribution in [3.8, 4) is 0 Å². The van der Waals surface area contributed by atoms with Crippen LogP contribution in [0.3, 0.4) is 0 Å². The van der Waals surface area contributed by atoms with E-state index in [1.165, 1.54) is 7.11 Å². The van der Waals surface area contributed by atoms with Crippen LogP contribution in [-0.4, -0.2) is 19.0 Å². The van der Waals surface area contributed by atoms with Crippen molar-refractivity contribution in [1.82, 2.24) is 0 Å². The Hall–Kier alpha value is -1.36. The predicted molar refractivity (Wildman–Crippen MR) is 73.6 cm³/mol. The molecule has 1 aromatic carbocycles. The number of anilines is 1. The van der Waals surface area contributed by atoms with Crippen LogP contribution >= 0.6 is 15.9 Å². The Kier molecular flexibility index (Phi) is 4.51. The van der Waals surface area contributed by atoms with E-state index in [0.29, 0.717) is 15.7 Å². The Bertz CT molecular complexity index is 478. The fourth-order valence-electron chi connectivity index (χ4n) is 1.18. The number of methoxy groups -OCH3 is 1. The van der Waals surface area contributed by atoms with E-state index in [1.54, 1.807) is 18.2 Å². The smallest absolute Gasteiger partial charge is 0.337 e. The molecule has 0 aliphatic carbocycles. The third-order valence-electron chi connectivity index (χ3n) is 2.32. The lowest BCUT2D eigenvalue weighted by Crippen LogP contribution is -2.27. The average molecular weight is 314 g/mol. The molecule has 0 radical (unpaired) electrons. The third-order valence-corrected chi connectivity index (χ3v) is 3.01. The topological polar surface area (TPSA) is 55.4 Å². The maximum atomic E-state index is 11.9. The van der Waals surface area contributed by atoms with Crippen molar-refractivity contribution in [2.24, 2.45) is 5.41 Å². The summed E-state index contributed by atoms with van der Waals surface area (Å²) in [6, 6.07) is 4.91. The summed E-state index contributed by atoms with van der Waals surface area (Å²) in [6.07, 6.45) is 0. The first-order valence-electron chi connectivity index (χ1n) is 5.45. The number of benzene rings is 1. The number of esters is 1. The number of amides is 1. The summed E-state index contributed by atoms with van der Waals surface area (Å²) in [5, 5.41) is 2.78. The summed E-state index contributed by atoms with van der Waals surface area (Å²) >= 11 is 3.33. The number of hydrogen-bond donors (Lipinski definition) is 1. The van der Waals surface area contributed by atoms with Crippen LogP contribution in [0.4, 0.5) is 5.69 Å². The lowest BCUT2D eigenvalue weighted by molar-refractivity contribution is -0.123. The standard InChI is InChI=1S/C13H16BrNO3/c1-13(2,3)12(17)15-10-7-8(11(16)18-4)5-6-9(10)14/h5-7H,1-4H3,(H,15,17). The summed E-state index contributed by atoms with van der Waals surface area (Å²) in [7, 11) is 1.32. The monoisotopic (exact) mass is 313 g/mol. The van der Waals surface area contributed by atoms with Crippen molar-refractivity contribution < 1.29 is 14.3 Å². The van der Waals surface area contributed by atoms with E-state index in [9.17, 15) is 9.59 Å². The maximum absolute atomic E-state index is 11.9. The van der Waals surface area contributed by atoms with Gasteiger partial charge >= 0.3 is 5.97 Å². The van der Waals surface area contributed by atoms with Gasteiger partial charge in [0, 0.05) is 9.89 Å². The van der Waals surface area contributed by atoms with E-state index in [4.69, 9.17) is 0 Å². The molecule has 0 atom stereocenters. The van der Waals surface area contributed by atoms with Gasteiger partial charge in [-0.2, -0.15) is 0 Å². The Morgan fingerprint density at radius 2 is 1.89 bits per heavy atom. The van der Waals surface area contributed by atoms with Gasteiger partial charge in [0.25, 0.3) is 0 Å². The van der Waals surface area contributed by atoms with Crippen molar-refractivity contribution in [3.63, 3.8) is 0 Å². The molecule has 0 unspecified atom stereocenters. The Labute approximate surface area is 115 Å². The summed E-state index contributed by atoms with van der Waals surface area (Å²) in [5.41, 5.74) is 0.448. The molecule has 18 heavy (non-hydrogen) atoms. The molecule has 4 nitrogen and oxygen atoms in total. The molecular formula is C13H16BrNO3. The second kappa shape index (κ2) is 5.52. The van der Waals surface area contributed by atoms with E-state index < -0.39 is 11.4 Å². The van der Waals surface area contributed by atoms with Crippen molar-refractivity contribution in [1.29, 1.82) is 0 Å². The predicted octanol–water partition coefficient (Wildman–Crippen LogP) is 3.22. The van der Waals surface area contributed by atoms with Crippen LogP contribution in [0, 0.1) is 5.41 Å². The van der Waals surface area contributed by atoms with Gasteiger partial charge in [0.1, 0.15) is 0 Å². The minimum atomic E-state index is -0.499. The maximum Gasteiger partial charge on any atom is 0.337 e. The summed E-state index contributed by atoms with van der Waals surface area (Å²) in [6.45, 7) is 5.46. The van der Waals surface area contributed by atoms with Gasteiger partial charge in [0.2, 0.25) is 5.91 Å². The highest BCUT2D eigenvalue weighted by atomic mass is 79.9. The first kappa shape index (κ1) is 14.7. The highest BCUT2D eigenvalue weighted by Crippen LogP contribution is 2.26. The highest BCUT2D eigenvalue weighted by molar-refractivity contribution is 9.10. The molecule has 98 valence electrons. The van der Waals surface area contributed by atoms with Crippen LogP contribution in [0.25, 0.3) is 0 Å². The molecular weight excluding hydrogens is 298 g/mol. The van der Waals surface area contributed by atoms with Crippen molar-refractivity contribution >= 4 is 33.5 Å². The fraction of sp³-hybridized carbons (Fsp3) is 0.385. The van der Waals surface area contributed by atoms with Gasteiger partial charge in [0.05, 0.1) is 18.4 Å². The van der Waals surface area contributed by atoms with E-state index >= 15 is 0 Å². The molecule has 0 spiro atoms. The van der Waals surface area contributed by atoms with E-state index in [0.717, 1.165) is 0 Å². The molecule has 1 N–H and O–H groups in total. The molecule has 0 saturated heterocycles. The Morgan fingerprint density at radius 1 is 1.28 bits per heavy atom. The third kappa shape index (κ3) is 3.57. The zero-order chi connectivity index (χ0) is 13.9. The number of carbonyl (C=O) groups is 2. The van der Waals surface area contributed by atoms with Crippen LogP contribution in [0.1, 0.15) is 31.1 Å². The van der Waals surface area contributed by atoms with Gasteiger partial charge in [-0.3, -0.25) is 4.79 Å². The second-order valence-corrected chi connectivity index (χ2v) is 5.74. The number of ether oxygens (including phenoxy) is 1. The zero-order valence-electron chi connectivity index (χ0n) is 10.8. The van der Waals surface area contributed by atoms with Crippen molar-refractivity contribution in [2.45, 2.75) is 20.8 Å². The molecule has 0 heterocycles. The fourth-order valence-corrected chi connectivity index (χ4v) is 1.52. The van der Waals surface area contributed by atoms with Crippen LogP contribution in [0.15, 0.2) is 22.7 Å². The second-order valence-electron chi connectivity index (χ2n) is 4.89. The largest absolute Gasteiger partial charge is 0.465 e. The average Bonchev–Trinajstić information content (AvgIpc) is 2.29. The first-order chi connectivity index (χ1) is 8.25. The van der Waals surface area contributed by atoms with Gasteiger partial charge in [-0.25, -0.2) is 4.79 Å². The SMILES string of the molecule is COC(=O)c1ccc(Br)c(NC(=O)C(C)(C)C)c1. The van der Waals surface area contributed by atoms with E-state index in [-0.39, 0.29) is 5.91 Å². The van der Waals surface area contributed by atoms with Crippen LogP contribution in [0.2, 0.25) is 0 Å². The van der Waals surface area contributed by atoms with Gasteiger partial charge in [-0.1, -0.05) is 20.8 Å². The molecule has 0 bridgehead atoms. The number of nitrogens with one attached hydrogen (secondary N) is 1. The molecule has 0 aliphatic rings. The first-order valence-corrected chi connectivity index (χ1v) is 6.24. The Balaban J connectivity index is 3.02. The van der Waals surface area contributed by atoms with Crippen LogP contribution < -0.4 is 5.32 Å². The minimum Gasteiger partial charge on any atom is -0.465 e. The number of hydrogen-bond acceptors (Lipinski definition) is 3. The summed E-state index contributed by atoms with van der Waals surface area (Å²) in [4.78, 5) is 23.3. The summed E-state index contributed by atoms with van der Waals surface area (Å²) < 4.78 is 5.35. The van der Waals surface area contributed by atoms with E-state index in [1.807, 2.05) is 20.8 Å². The molecule has 1 aromatic rings. The normalized spacial score (nSPS) is 10.9. The number of carbonyl (C=O) groups excluding carboxylic acids is 2. The van der Waals surface area contributed by atoms with Gasteiger partial charge in [-0.15, -0.1) is 0 Å². The molecule has 0 aromatic heterocycles. The Morgan fingerprint density at radius 3 is 2.39 bits per heavy atom. The highest BCUT2D eigenvalue weighted by Gasteiger charge is 2.22. The molecule has 1 rings (SSSR count). The number of rotatable bonds is 2. The van der Waals surface area contributed by atoms with Crippen molar-refractivity contribution in [3.05, 3.63) is 28.2 Å². The lowest BCUT2D eigenvalue weighted by Gasteiger charge is -2.18. The lowest BCUT2D eigenvalue weighted by atomic mass is 9.95. The molecule has 5 heteroatoms. The van der Waals surface area contributed by atoms with Crippen LogP contribution in [0.5, 0.6) is 0 Å². The van der Waals surface area contributed by atoms with Gasteiger partial charge in [-0.05, 0) is 34.1 Å². The quantitative estimate of drug-likeness (QED) is 0.853. The molecule has 0 fully saturated rings. The van der Waals surface area contributed by atoms with Crippen LogP contribution in [-0.2, 0) is 9.53 Å². The van der Waals surface area contributed by atoms with Crippen molar-refractivity contribution in [2.75, 3.05) is 12.4 Å².